The summed E-state index contributed by atoms with van der Waals surface area (Å²) in [7, 11) is 0. The van der Waals surface area contributed by atoms with Crippen molar-refractivity contribution >= 4 is 11.7 Å². The van der Waals surface area contributed by atoms with Crippen LogP contribution in [-0.2, 0) is 0 Å². The van der Waals surface area contributed by atoms with Crippen LogP contribution in [0.5, 0.6) is 0 Å². The predicted molar refractivity (Wildman–Crippen MR) is 65.4 cm³/mol. The van der Waals surface area contributed by atoms with E-state index in [2.05, 4.69) is 0 Å². The van der Waals surface area contributed by atoms with Crippen LogP contribution in [0.3, 0.4) is 0 Å². The van der Waals surface area contributed by atoms with Gasteiger partial charge in [0.25, 0.3) is 5.69 Å². The molecule has 2 aromatic carbocycles. The zero-order chi connectivity index (χ0) is 14.0. The summed E-state index contributed by atoms with van der Waals surface area (Å²) in [6.45, 7) is 0. The lowest BCUT2D eigenvalue weighted by atomic mass is 10.0. The molecule has 19 heavy (non-hydrogen) atoms. The molecule has 0 unspecified atom stereocenters. The molecule has 96 valence electrons. The van der Waals surface area contributed by atoms with Crippen molar-refractivity contribution in [3.05, 3.63) is 64.0 Å². The predicted octanol–water partition coefficient (Wildman–Crippen LogP) is 3.10. The van der Waals surface area contributed by atoms with E-state index in [9.17, 15) is 19.3 Å². The molecule has 0 fully saturated rings. The van der Waals surface area contributed by atoms with Gasteiger partial charge in [0.2, 0.25) is 0 Å². The number of hydrogen-bond acceptors (Lipinski definition) is 3. The van der Waals surface area contributed by atoms with Crippen LogP contribution < -0.4 is 0 Å². The fourth-order valence-corrected chi connectivity index (χ4v) is 1.72. The second kappa shape index (κ2) is 4.85. The molecule has 0 aliphatic rings. The number of aromatic carboxylic acids is 1. The van der Waals surface area contributed by atoms with Crippen LogP contribution in [0, 0.1) is 15.9 Å². The van der Waals surface area contributed by atoms with Gasteiger partial charge in [0.1, 0.15) is 5.82 Å². The van der Waals surface area contributed by atoms with Crippen LogP contribution in [0.4, 0.5) is 10.1 Å². The molecule has 0 saturated heterocycles. The van der Waals surface area contributed by atoms with Gasteiger partial charge in [0.15, 0.2) is 0 Å². The van der Waals surface area contributed by atoms with Gasteiger partial charge in [0, 0.05) is 6.07 Å². The second-order valence-corrected chi connectivity index (χ2v) is 3.80. The van der Waals surface area contributed by atoms with Gasteiger partial charge >= 0.3 is 5.97 Å². The SMILES string of the molecule is O=C(O)c1ccc([N+](=O)[O-])c(-c2cccc(F)c2)c1. The molecule has 0 aromatic heterocycles. The summed E-state index contributed by atoms with van der Waals surface area (Å²) in [5, 5.41) is 19.8. The van der Waals surface area contributed by atoms with E-state index in [1.54, 1.807) is 0 Å². The van der Waals surface area contributed by atoms with Crippen molar-refractivity contribution in [2.75, 3.05) is 0 Å². The number of carboxylic acids is 1. The lowest BCUT2D eigenvalue weighted by molar-refractivity contribution is -0.384. The first-order chi connectivity index (χ1) is 8.99. The zero-order valence-corrected chi connectivity index (χ0v) is 9.54. The molecule has 0 spiro atoms. The summed E-state index contributed by atoms with van der Waals surface area (Å²) in [6.07, 6.45) is 0. The Morgan fingerprint density at radius 3 is 2.53 bits per heavy atom. The summed E-state index contributed by atoms with van der Waals surface area (Å²) in [5.41, 5.74) is -0.0281. The van der Waals surface area contributed by atoms with E-state index in [0.717, 1.165) is 24.3 Å². The number of benzene rings is 2. The quantitative estimate of drug-likeness (QED) is 0.680. The Morgan fingerprint density at radius 1 is 1.21 bits per heavy atom. The van der Waals surface area contributed by atoms with Crippen molar-refractivity contribution in [2.45, 2.75) is 0 Å². The van der Waals surface area contributed by atoms with Crippen LogP contribution in [0.1, 0.15) is 10.4 Å². The first-order valence-electron chi connectivity index (χ1n) is 5.26. The maximum absolute atomic E-state index is 13.2. The Hall–Kier alpha value is -2.76. The maximum Gasteiger partial charge on any atom is 0.335 e. The number of carboxylic acid groups (broad SMARTS) is 1. The van der Waals surface area contributed by atoms with Crippen LogP contribution in [-0.4, -0.2) is 16.0 Å². The lowest BCUT2D eigenvalue weighted by Crippen LogP contribution is -1.99. The van der Waals surface area contributed by atoms with Crippen molar-refractivity contribution in [1.82, 2.24) is 0 Å². The largest absolute Gasteiger partial charge is 0.478 e. The number of rotatable bonds is 3. The van der Waals surface area contributed by atoms with E-state index in [-0.39, 0.29) is 22.4 Å². The molecule has 0 aliphatic carbocycles. The zero-order valence-electron chi connectivity index (χ0n) is 9.54. The molecule has 0 radical (unpaired) electrons. The summed E-state index contributed by atoms with van der Waals surface area (Å²) in [4.78, 5) is 21.2. The minimum Gasteiger partial charge on any atom is -0.478 e. The van der Waals surface area contributed by atoms with Gasteiger partial charge in [-0.3, -0.25) is 10.1 Å². The molecule has 0 saturated carbocycles. The van der Waals surface area contributed by atoms with Gasteiger partial charge in [-0.15, -0.1) is 0 Å². The van der Waals surface area contributed by atoms with Gasteiger partial charge in [-0.2, -0.15) is 0 Å². The van der Waals surface area contributed by atoms with Crippen LogP contribution in [0.2, 0.25) is 0 Å². The number of nitro groups is 1. The van der Waals surface area contributed by atoms with Crippen molar-refractivity contribution in [3.8, 4) is 11.1 Å². The molecular weight excluding hydrogens is 253 g/mol. The Bertz CT molecular complexity index is 669. The number of hydrogen-bond donors (Lipinski definition) is 1. The average Bonchev–Trinajstić information content (AvgIpc) is 2.37. The fraction of sp³-hybridized carbons (Fsp3) is 0. The minimum atomic E-state index is -1.20. The van der Waals surface area contributed by atoms with E-state index < -0.39 is 16.7 Å². The first-order valence-corrected chi connectivity index (χ1v) is 5.26. The van der Waals surface area contributed by atoms with E-state index in [1.807, 2.05) is 0 Å². The van der Waals surface area contributed by atoms with Gasteiger partial charge in [0.05, 0.1) is 16.1 Å². The molecule has 0 amide bonds. The van der Waals surface area contributed by atoms with Crippen LogP contribution in [0.25, 0.3) is 11.1 Å². The molecule has 2 rings (SSSR count). The maximum atomic E-state index is 13.2. The Morgan fingerprint density at radius 2 is 1.95 bits per heavy atom. The van der Waals surface area contributed by atoms with Gasteiger partial charge in [-0.25, -0.2) is 9.18 Å². The summed E-state index contributed by atoms with van der Waals surface area (Å²) >= 11 is 0. The lowest BCUT2D eigenvalue weighted by Gasteiger charge is -2.05. The smallest absolute Gasteiger partial charge is 0.335 e. The highest BCUT2D eigenvalue weighted by Crippen LogP contribution is 2.31. The molecular formula is C13H8FNO4. The molecule has 5 nitrogen and oxygen atoms in total. The van der Waals surface area contributed by atoms with E-state index >= 15 is 0 Å². The molecule has 2 aromatic rings. The van der Waals surface area contributed by atoms with Crippen molar-refractivity contribution in [3.63, 3.8) is 0 Å². The normalized spacial score (nSPS) is 10.2. The first kappa shape index (κ1) is 12.7. The molecule has 1 N–H and O–H groups in total. The third-order valence-corrected chi connectivity index (χ3v) is 2.58. The highest BCUT2D eigenvalue weighted by molar-refractivity contribution is 5.91. The van der Waals surface area contributed by atoms with E-state index in [1.165, 1.54) is 18.2 Å². The van der Waals surface area contributed by atoms with Crippen molar-refractivity contribution < 1.29 is 19.2 Å². The molecule has 6 heteroatoms. The molecule has 0 atom stereocenters. The van der Waals surface area contributed by atoms with E-state index in [0.29, 0.717) is 0 Å². The molecule has 0 heterocycles. The number of halogens is 1. The average molecular weight is 261 g/mol. The fourth-order valence-electron chi connectivity index (χ4n) is 1.72. The monoisotopic (exact) mass is 261 g/mol. The Labute approximate surface area is 107 Å². The molecule has 0 bridgehead atoms. The number of carbonyl (C=O) groups is 1. The number of nitrogens with zero attached hydrogens (tertiary/aromatic N) is 1. The Kier molecular flexibility index (Phi) is 3.24. The standard InChI is InChI=1S/C13H8FNO4/c14-10-3-1-2-8(6-10)11-7-9(13(16)17)4-5-12(11)15(18)19/h1-7H,(H,16,17). The van der Waals surface area contributed by atoms with Gasteiger partial charge in [-0.1, -0.05) is 12.1 Å². The van der Waals surface area contributed by atoms with Gasteiger partial charge < -0.3 is 5.11 Å². The van der Waals surface area contributed by atoms with Crippen LogP contribution in [0.15, 0.2) is 42.5 Å². The topological polar surface area (TPSA) is 80.4 Å². The highest BCUT2D eigenvalue weighted by Gasteiger charge is 2.18. The third-order valence-electron chi connectivity index (χ3n) is 2.58. The summed E-state index contributed by atoms with van der Waals surface area (Å²) in [5.74, 6) is -1.75. The molecule has 0 aliphatic heterocycles. The van der Waals surface area contributed by atoms with Crippen LogP contribution >= 0.6 is 0 Å². The third kappa shape index (κ3) is 2.57. The van der Waals surface area contributed by atoms with E-state index in [4.69, 9.17) is 5.11 Å². The van der Waals surface area contributed by atoms with Gasteiger partial charge in [-0.05, 0) is 29.8 Å². The summed E-state index contributed by atoms with van der Waals surface area (Å²) in [6, 6.07) is 8.62. The summed E-state index contributed by atoms with van der Waals surface area (Å²) < 4.78 is 13.2. The van der Waals surface area contributed by atoms with Crippen molar-refractivity contribution in [2.24, 2.45) is 0 Å². The Balaban J connectivity index is 2.67. The highest BCUT2D eigenvalue weighted by atomic mass is 19.1. The second-order valence-electron chi connectivity index (χ2n) is 3.80. The van der Waals surface area contributed by atoms with Crippen molar-refractivity contribution in [1.29, 1.82) is 0 Å². The number of nitro benzene ring substituents is 1. The minimum absolute atomic E-state index is 0.0735.